The second kappa shape index (κ2) is 7.41. The molecule has 0 bridgehead atoms. The molecule has 0 aromatic heterocycles. The Hall–Kier alpha value is -0.930. The standard InChI is InChI=1S/C13H15ClO2S/c1-10(15)17-8-4-3-5-11-6-7-13(16-2)12(14)9-11/h3,5-7,9H,4,8H2,1-2H3. The van der Waals surface area contributed by atoms with Gasteiger partial charge < -0.3 is 4.74 Å². The number of carbonyl (C=O) groups excluding carboxylic acids is 1. The number of halogens is 1. The molecule has 0 heterocycles. The summed E-state index contributed by atoms with van der Waals surface area (Å²) in [7, 11) is 1.59. The van der Waals surface area contributed by atoms with Crippen LogP contribution in [0.15, 0.2) is 24.3 Å². The number of hydrogen-bond donors (Lipinski definition) is 0. The smallest absolute Gasteiger partial charge is 0.185 e. The van der Waals surface area contributed by atoms with Gasteiger partial charge in [-0.3, -0.25) is 4.79 Å². The summed E-state index contributed by atoms with van der Waals surface area (Å²) in [5.74, 6) is 1.49. The van der Waals surface area contributed by atoms with E-state index in [9.17, 15) is 4.79 Å². The first kappa shape index (κ1) is 14.1. The van der Waals surface area contributed by atoms with Crippen molar-refractivity contribution in [2.75, 3.05) is 12.9 Å². The van der Waals surface area contributed by atoms with Crippen molar-refractivity contribution in [3.05, 3.63) is 34.9 Å². The molecule has 2 nitrogen and oxygen atoms in total. The molecule has 0 spiro atoms. The molecule has 0 aliphatic carbocycles. The van der Waals surface area contributed by atoms with Crippen LogP contribution >= 0.6 is 23.4 Å². The van der Waals surface area contributed by atoms with Crippen molar-refractivity contribution in [1.29, 1.82) is 0 Å². The number of carbonyl (C=O) groups is 1. The van der Waals surface area contributed by atoms with Crippen molar-refractivity contribution in [3.63, 3.8) is 0 Å². The highest BCUT2D eigenvalue weighted by Crippen LogP contribution is 2.25. The van der Waals surface area contributed by atoms with E-state index >= 15 is 0 Å². The molecule has 4 heteroatoms. The monoisotopic (exact) mass is 270 g/mol. The molecule has 1 aromatic rings. The Kier molecular flexibility index (Phi) is 6.16. The van der Waals surface area contributed by atoms with Crippen LogP contribution in [-0.4, -0.2) is 18.0 Å². The van der Waals surface area contributed by atoms with E-state index in [2.05, 4.69) is 0 Å². The highest BCUT2D eigenvalue weighted by Gasteiger charge is 1.99. The SMILES string of the molecule is COc1ccc(C=CCCSC(C)=O)cc1Cl. The maximum absolute atomic E-state index is 10.7. The van der Waals surface area contributed by atoms with E-state index in [4.69, 9.17) is 16.3 Å². The zero-order valence-corrected chi connectivity index (χ0v) is 11.5. The molecular formula is C13H15ClO2S. The van der Waals surface area contributed by atoms with Gasteiger partial charge in [0.2, 0.25) is 0 Å². The minimum absolute atomic E-state index is 0.158. The largest absolute Gasteiger partial charge is 0.495 e. The van der Waals surface area contributed by atoms with Gasteiger partial charge in [-0.2, -0.15) is 0 Å². The first-order valence-corrected chi connectivity index (χ1v) is 6.63. The molecule has 0 N–H and O–H groups in total. The van der Waals surface area contributed by atoms with Crippen LogP contribution in [0, 0.1) is 0 Å². The summed E-state index contributed by atoms with van der Waals surface area (Å²) in [5, 5.41) is 0.763. The van der Waals surface area contributed by atoms with E-state index in [-0.39, 0.29) is 5.12 Å². The van der Waals surface area contributed by atoms with E-state index in [0.29, 0.717) is 10.8 Å². The fraction of sp³-hybridized carbons (Fsp3) is 0.308. The highest BCUT2D eigenvalue weighted by atomic mass is 35.5. The number of allylic oxidation sites excluding steroid dienone is 1. The van der Waals surface area contributed by atoms with Gasteiger partial charge in [0.05, 0.1) is 12.1 Å². The average Bonchev–Trinajstić information content (AvgIpc) is 2.28. The number of thioether (sulfide) groups is 1. The number of methoxy groups -OCH3 is 1. The van der Waals surface area contributed by atoms with Crippen molar-refractivity contribution in [1.82, 2.24) is 0 Å². The van der Waals surface area contributed by atoms with Gasteiger partial charge in [-0.15, -0.1) is 0 Å². The summed E-state index contributed by atoms with van der Waals surface area (Å²) in [6.45, 7) is 1.58. The number of rotatable bonds is 5. The fourth-order valence-corrected chi connectivity index (χ4v) is 2.08. The normalized spacial score (nSPS) is 10.8. The first-order valence-electron chi connectivity index (χ1n) is 5.27. The molecule has 0 atom stereocenters. The predicted molar refractivity (Wildman–Crippen MR) is 74.8 cm³/mol. The zero-order chi connectivity index (χ0) is 12.7. The molecule has 17 heavy (non-hydrogen) atoms. The average molecular weight is 271 g/mol. The number of ether oxygens (including phenoxy) is 1. The Labute approximate surface area is 111 Å². The summed E-state index contributed by atoms with van der Waals surface area (Å²) >= 11 is 7.34. The van der Waals surface area contributed by atoms with Gasteiger partial charge in [0.25, 0.3) is 0 Å². The molecule has 92 valence electrons. The molecule has 1 rings (SSSR count). The Bertz CT molecular complexity index is 416. The summed E-state index contributed by atoms with van der Waals surface area (Å²) in [6.07, 6.45) is 4.90. The third-order valence-electron chi connectivity index (χ3n) is 2.08. The number of benzene rings is 1. The lowest BCUT2D eigenvalue weighted by Crippen LogP contribution is -1.85. The third kappa shape index (κ3) is 5.29. The lowest BCUT2D eigenvalue weighted by molar-refractivity contribution is -0.109. The Balaban J connectivity index is 2.48. The lowest BCUT2D eigenvalue weighted by Gasteiger charge is -2.02. The van der Waals surface area contributed by atoms with Gasteiger partial charge in [-0.1, -0.05) is 41.6 Å². The van der Waals surface area contributed by atoms with Crippen LogP contribution in [-0.2, 0) is 4.79 Å². The quantitative estimate of drug-likeness (QED) is 0.756. The molecule has 0 fully saturated rings. The summed E-state index contributed by atoms with van der Waals surface area (Å²) in [6, 6.07) is 5.64. The zero-order valence-electron chi connectivity index (χ0n) is 9.90. The van der Waals surface area contributed by atoms with Crippen molar-refractivity contribution < 1.29 is 9.53 Å². The Morgan fingerprint density at radius 3 is 2.88 bits per heavy atom. The van der Waals surface area contributed by atoms with Gasteiger partial charge in [0.15, 0.2) is 5.12 Å². The molecular weight excluding hydrogens is 256 g/mol. The second-order valence-corrected chi connectivity index (χ2v) is 5.10. The van der Waals surface area contributed by atoms with Gasteiger partial charge >= 0.3 is 0 Å². The Morgan fingerprint density at radius 2 is 2.29 bits per heavy atom. The molecule has 0 aliphatic heterocycles. The number of hydrogen-bond acceptors (Lipinski definition) is 3. The van der Waals surface area contributed by atoms with Gasteiger partial charge in [0, 0.05) is 12.7 Å². The highest BCUT2D eigenvalue weighted by molar-refractivity contribution is 8.13. The lowest BCUT2D eigenvalue weighted by atomic mass is 10.2. The third-order valence-corrected chi connectivity index (χ3v) is 3.22. The molecule has 0 radical (unpaired) electrons. The van der Waals surface area contributed by atoms with Crippen molar-refractivity contribution in [2.24, 2.45) is 0 Å². The molecule has 0 amide bonds. The van der Waals surface area contributed by atoms with E-state index in [1.807, 2.05) is 30.4 Å². The molecule has 0 saturated heterocycles. The summed E-state index contributed by atoms with van der Waals surface area (Å²) in [4.78, 5) is 10.7. The topological polar surface area (TPSA) is 26.3 Å². The van der Waals surface area contributed by atoms with Crippen LogP contribution in [0.3, 0.4) is 0 Å². The summed E-state index contributed by atoms with van der Waals surface area (Å²) in [5.41, 5.74) is 1.03. The predicted octanol–water partition coefficient (Wildman–Crippen LogP) is 4.03. The van der Waals surface area contributed by atoms with Crippen LogP contribution in [0.2, 0.25) is 5.02 Å². The maximum Gasteiger partial charge on any atom is 0.185 e. The minimum atomic E-state index is 0.158. The van der Waals surface area contributed by atoms with Gasteiger partial charge in [0.1, 0.15) is 5.75 Å². The van der Waals surface area contributed by atoms with Crippen LogP contribution < -0.4 is 4.74 Å². The van der Waals surface area contributed by atoms with Crippen LogP contribution in [0.4, 0.5) is 0 Å². The van der Waals surface area contributed by atoms with E-state index < -0.39 is 0 Å². The molecule has 0 aliphatic rings. The fourth-order valence-electron chi connectivity index (χ4n) is 1.28. The van der Waals surface area contributed by atoms with Crippen LogP contribution in [0.25, 0.3) is 6.08 Å². The molecule has 0 unspecified atom stereocenters. The van der Waals surface area contributed by atoms with E-state index in [1.165, 1.54) is 11.8 Å². The minimum Gasteiger partial charge on any atom is -0.495 e. The van der Waals surface area contributed by atoms with E-state index in [1.54, 1.807) is 14.0 Å². The Morgan fingerprint density at radius 1 is 1.53 bits per heavy atom. The van der Waals surface area contributed by atoms with E-state index in [0.717, 1.165) is 17.7 Å². The van der Waals surface area contributed by atoms with Crippen LogP contribution in [0.1, 0.15) is 18.9 Å². The van der Waals surface area contributed by atoms with Crippen molar-refractivity contribution in [3.8, 4) is 5.75 Å². The van der Waals surface area contributed by atoms with Gasteiger partial charge in [-0.25, -0.2) is 0 Å². The van der Waals surface area contributed by atoms with Crippen LogP contribution in [0.5, 0.6) is 5.75 Å². The van der Waals surface area contributed by atoms with Crippen molar-refractivity contribution >= 4 is 34.6 Å². The maximum atomic E-state index is 10.7. The summed E-state index contributed by atoms with van der Waals surface area (Å²) < 4.78 is 5.07. The second-order valence-electron chi connectivity index (χ2n) is 3.43. The first-order chi connectivity index (χ1) is 8.13. The molecule has 0 saturated carbocycles. The molecule has 1 aromatic carbocycles. The van der Waals surface area contributed by atoms with Crippen molar-refractivity contribution in [2.45, 2.75) is 13.3 Å². The van der Waals surface area contributed by atoms with Gasteiger partial charge in [-0.05, 0) is 24.1 Å².